The summed E-state index contributed by atoms with van der Waals surface area (Å²) in [4.78, 5) is 0. The van der Waals surface area contributed by atoms with Crippen LogP contribution < -0.4 is 0 Å². The molecule has 62 valence electrons. The molecule has 1 aliphatic heterocycles. The fourth-order valence-corrected chi connectivity index (χ4v) is 2.08. The summed E-state index contributed by atoms with van der Waals surface area (Å²) >= 11 is 5.72. The van der Waals surface area contributed by atoms with Crippen molar-refractivity contribution in [2.45, 2.75) is 18.6 Å². The molecule has 2 aliphatic rings. The number of hydrogen-bond acceptors (Lipinski definition) is 1. The monoisotopic (exact) mass is 184 g/mol. The Morgan fingerprint density at radius 2 is 2.33 bits per heavy atom. The minimum Gasteiger partial charge on any atom is -0.364 e. The predicted molar refractivity (Wildman–Crippen MR) is 42.7 cm³/mol. The molecule has 0 aromatic heterocycles. The fraction of sp³-hybridized carbons (Fsp3) is 0.333. The molecule has 0 spiro atoms. The van der Waals surface area contributed by atoms with Crippen LogP contribution in [0.4, 0.5) is 4.39 Å². The molecule has 1 nitrogen and oxygen atoms in total. The van der Waals surface area contributed by atoms with E-state index in [2.05, 4.69) is 0 Å². The lowest BCUT2D eigenvalue weighted by atomic mass is 10.1. The van der Waals surface area contributed by atoms with Crippen LogP contribution in [0.1, 0.15) is 17.2 Å². The van der Waals surface area contributed by atoms with Crippen LogP contribution >= 0.6 is 11.6 Å². The van der Waals surface area contributed by atoms with Crippen molar-refractivity contribution in [1.29, 1.82) is 0 Å². The van der Waals surface area contributed by atoms with Gasteiger partial charge in [0.15, 0.2) is 0 Å². The van der Waals surface area contributed by atoms with E-state index in [9.17, 15) is 4.39 Å². The molecule has 0 amide bonds. The summed E-state index contributed by atoms with van der Waals surface area (Å²) in [6, 6.07) is 3.17. The van der Waals surface area contributed by atoms with Gasteiger partial charge in [0.2, 0.25) is 0 Å². The Morgan fingerprint density at radius 3 is 3.17 bits per heavy atom. The second kappa shape index (κ2) is 2.01. The minimum absolute atomic E-state index is 0.133. The topological polar surface area (TPSA) is 12.5 Å². The van der Waals surface area contributed by atoms with Crippen LogP contribution in [0.5, 0.6) is 0 Å². The zero-order valence-corrected chi connectivity index (χ0v) is 6.94. The van der Waals surface area contributed by atoms with Gasteiger partial charge in [-0.3, -0.25) is 0 Å². The quantitative estimate of drug-likeness (QED) is 0.565. The molecule has 1 aromatic carbocycles. The first-order chi connectivity index (χ1) is 5.75. The van der Waals surface area contributed by atoms with Crippen molar-refractivity contribution in [2.24, 2.45) is 0 Å². The van der Waals surface area contributed by atoms with Gasteiger partial charge in [0, 0.05) is 11.4 Å². The SMILES string of the molecule is Fc1cc(Cl)cc2c1CC1OC21. The van der Waals surface area contributed by atoms with Gasteiger partial charge in [-0.05, 0) is 23.3 Å². The van der Waals surface area contributed by atoms with E-state index in [1.54, 1.807) is 6.07 Å². The van der Waals surface area contributed by atoms with Crippen molar-refractivity contribution in [3.8, 4) is 0 Å². The van der Waals surface area contributed by atoms with Gasteiger partial charge < -0.3 is 4.74 Å². The van der Waals surface area contributed by atoms with Crippen molar-refractivity contribution in [3.63, 3.8) is 0 Å². The van der Waals surface area contributed by atoms with E-state index < -0.39 is 0 Å². The highest BCUT2D eigenvalue weighted by Crippen LogP contribution is 2.49. The molecule has 3 rings (SSSR count). The van der Waals surface area contributed by atoms with Gasteiger partial charge in [-0.25, -0.2) is 4.39 Å². The number of rotatable bonds is 0. The predicted octanol–water partition coefficient (Wildman–Crippen LogP) is 2.48. The van der Waals surface area contributed by atoms with Crippen LogP contribution in [0.25, 0.3) is 0 Å². The maximum absolute atomic E-state index is 13.2. The summed E-state index contributed by atoms with van der Waals surface area (Å²) < 4.78 is 18.5. The first kappa shape index (κ1) is 6.87. The Balaban J connectivity index is 2.24. The highest BCUT2D eigenvalue weighted by Gasteiger charge is 2.48. The number of fused-ring (bicyclic) bond motifs is 3. The Hall–Kier alpha value is -0.600. The molecular formula is C9H6ClFO. The van der Waals surface area contributed by atoms with E-state index in [0.29, 0.717) is 11.4 Å². The average Bonchev–Trinajstić information content (AvgIpc) is 2.68. The Morgan fingerprint density at radius 1 is 1.50 bits per heavy atom. The molecule has 1 aromatic rings. The zero-order valence-electron chi connectivity index (χ0n) is 6.18. The summed E-state index contributed by atoms with van der Waals surface area (Å²) in [7, 11) is 0. The second-order valence-electron chi connectivity index (χ2n) is 3.25. The number of epoxide rings is 1. The number of ether oxygens (including phenoxy) is 1. The van der Waals surface area contributed by atoms with E-state index in [-0.39, 0.29) is 18.0 Å². The second-order valence-corrected chi connectivity index (χ2v) is 3.69. The van der Waals surface area contributed by atoms with E-state index >= 15 is 0 Å². The molecule has 1 fully saturated rings. The summed E-state index contributed by atoms with van der Waals surface area (Å²) in [6.07, 6.45) is 1.07. The summed E-state index contributed by atoms with van der Waals surface area (Å²) in [6.45, 7) is 0. The third kappa shape index (κ3) is 0.767. The number of halogens is 2. The van der Waals surface area contributed by atoms with Crippen LogP contribution in [0.3, 0.4) is 0 Å². The standard InChI is InChI=1S/C9H6ClFO/c10-4-1-6-5(7(11)2-4)3-8-9(6)12-8/h1-2,8-9H,3H2. The molecule has 2 atom stereocenters. The summed E-state index contributed by atoms with van der Waals surface area (Å²) in [5.74, 6) is -0.187. The molecule has 3 heteroatoms. The lowest BCUT2D eigenvalue weighted by Gasteiger charge is -2.03. The summed E-state index contributed by atoms with van der Waals surface area (Å²) in [5.41, 5.74) is 1.74. The molecule has 1 heterocycles. The first-order valence-corrected chi connectivity index (χ1v) is 4.27. The van der Waals surface area contributed by atoms with Crippen molar-refractivity contribution in [1.82, 2.24) is 0 Å². The lowest BCUT2D eigenvalue weighted by molar-refractivity contribution is 0.357. The van der Waals surface area contributed by atoms with Crippen LogP contribution in [0, 0.1) is 5.82 Å². The highest BCUT2D eigenvalue weighted by molar-refractivity contribution is 6.30. The third-order valence-electron chi connectivity index (χ3n) is 2.49. The van der Waals surface area contributed by atoms with Gasteiger partial charge in [-0.2, -0.15) is 0 Å². The van der Waals surface area contributed by atoms with E-state index in [4.69, 9.17) is 16.3 Å². The van der Waals surface area contributed by atoms with Crippen molar-refractivity contribution >= 4 is 11.6 Å². The maximum atomic E-state index is 13.2. The maximum Gasteiger partial charge on any atom is 0.128 e. The van der Waals surface area contributed by atoms with E-state index in [0.717, 1.165) is 11.1 Å². The molecule has 0 radical (unpaired) electrons. The molecular weight excluding hydrogens is 179 g/mol. The lowest BCUT2D eigenvalue weighted by Crippen LogP contribution is -1.93. The van der Waals surface area contributed by atoms with Crippen LogP contribution in [0.15, 0.2) is 12.1 Å². The molecule has 12 heavy (non-hydrogen) atoms. The van der Waals surface area contributed by atoms with Gasteiger partial charge in [0.05, 0.1) is 6.10 Å². The van der Waals surface area contributed by atoms with Crippen molar-refractivity contribution in [3.05, 3.63) is 34.1 Å². The van der Waals surface area contributed by atoms with Gasteiger partial charge in [0.25, 0.3) is 0 Å². The molecule has 1 aliphatic carbocycles. The normalized spacial score (nSPS) is 29.8. The van der Waals surface area contributed by atoms with Gasteiger partial charge in [0.1, 0.15) is 11.9 Å². The van der Waals surface area contributed by atoms with Gasteiger partial charge >= 0.3 is 0 Å². The molecule has 0 N–H and O–H groups in total. The fourth-order valence-electron chi connectivity index (χ4n) is 1.87. The van der Waals surface area contributed by atoms with Crippen LogP contribution in [-0.4, -0.2) is 6.10 Å². The summed E-state index contributed by atoms with van der Waals surface area (Å²) in [5, 5.41) is 0.461. The van der Waals surface area contributed by atoms with E-state index in [1.807, 2.05) is 0 Å². The molecule has 2 unspecified atom stereocenters. The highest BCUT2D eigenvalue weighted by atomic mass is 35.5. The minimum atomic E-state index is -0.187. The van der Waals surface area contributed by atoms with Gasteiger partial charge in [-0.15, -0.1) is 0 Å². The Bertz CT molecular complexity index is 364. The largest absolute Gasteiger partial charge is 0.364 e. The Kier molecular flexibility index (Phi) is 1.15. The Labute approximate surface area is 74.1 Å². The van der Waals surface area contributed by atoms with Crippen LogP contribution in [-0.2, 0) is 11.2 Å². The molecule has 0 saturated carbocycles. The third-order valence-corrected chi connectivity index (χ3v) is 2.71. The smallest absolute Gasteiger partial charge is 0.128 e. The first-order valence-electron chi connectivity index (χ1n) is 3.89. The van der Waals surface area contributed by atoms with E-state index in [1.165, 1.54) is 6.07 Å². The molecule has 0 bridgehead atoms. The van der Waals surface area contributed by atoms with Gasteiger partial charge in [-0.1, -0.05) is 11.6 Å². The number of benzene rings is 1. The van der Waals surface area contributed by atoms with Crippen molar-refractivity contribution in [2.75, 3.05) is 0 Å². The molecule has 1 saturated heterocycles. The van der Waals surface area contributed by atoms with Crippen LogP contribution in [0.2, 0.25) is 5.02 Å². The number of hydrogen-bond donors (Lipinski definition) is 0. The van der Waals surface area contributed by atoms with Crippen molar-refractivity contribution < 1.29 is 9.13 Å². The zero-order chi connectivity index (χ0) is 8.29. The average molecular weight is 185 g/mol.